The molecule has 6 nitrogen and oxygen atoms in total. The summed E-state index contributed by atoms with van der Waals surface area (Å²) in [7, 11) is 1.64. The lowest BCUT2D eigenvalue weighted by atomic mass is 10.2. The maximum absolute atomic E-state index is 11.0. The van der Waals surface area contributed by atoms with Crippen LogP contribution in [-0.2, 0) is 11.3 Å². The predicted molar refractivity (Wildman–Crippen MR) is 61.8 cm³/mol. The molecule has 0 spiro atoms. The van der Waals surface area contributed by atoms with Gasteiger partial charge in [0.15, 0.2) is 0 Å². The number of hydrogen-bond acceptors (Lipinski definition) is 5. The number of aromatic carboxylic acids is 1. The van der Waals surface area contributed by atoms with Crippen LogP contribution in [0, 0.1) is 0 Å². The van der Waals surface area contributed by atoms with E-state index in [1.54, 1.807) is 7.11 Å². The molecule has 0 bridgehead atoms. The Hall–Kier alpha value is -1.53. The molecule has 17 heavy (non-hydrogen) atoms. The van der Waals surface area contributed by atoms with E-state index in [1.165, 1.54) is 12.5 Å². The van der Waals surface area contributed by atoms with Crippen LogP contribution >= 0.6 is 0 Å². The number of carboxylic acid groups (broad SMARTS) is 1. The molecule has 0 fully saturated rings. The Bertz CT molecular complexity index is 371. The fourth-order valence-electron chi connectivity index (χ4n) is 1.44. The van der Waals surface area contributed by atoms with E-state index in [0.29, 0.717) is 18.8 Å². The van der Waals surface area contributed by atoms with Gasteiger partial charge in [0.25, 0.3) is 0 Å². The molecule has 0 aliphatic heterocycles. The zero-order valence-corrected chi connectivity index (χ0v) is 10.1. The number of methoxy groups -OCH3 is 1. The summed E-state index contributed by atoms with van der Waals surface area (Å²) >= 11 is 0. The fraction of sp³-hybridized carbons (Fsp3) is 0.545. The highest BCUT2D eigenvalue weighted by atomic mass is 16.5. The van der Waals surface area contributed by atoms with Crippen molar-refractivity contribution in [1.82, 2.24) is 14.9 Å². The third-order valence-corrected chi connectivity index (χ3v) is 2.46. The van der Waals surface area contributed by atoms with E-state index in [1.807, 2.05) is 6.92 Å². The number of carbonyl (C=O) groups is 1. The SMILES string of the molecule is CCN(CCOC)Cc1ncncc1C(=O)O. The molecule has 1 heterocycles. The Morgan fingerprint density at radius 2 is 2.35 bits per heavy atom. The Morgan fingerprint density at radius 3 is 2.94 bits per heavy atom. The van der Waals surface area contributed by atoms with Gasteiger partial charge in [0.05, 0.1) is 12.3 Å². The van der Waals surface area contributed by atoms with Crippen LogP contribution < -0.4 is 0 Å². The summed E-state index contributed by atoms with van der Waals surface area (Å²) in [5.74, 6) is -0.997. The molecule has 0 radical (unpaired) electrons. The van der Waals surface area contributed by atoms with Crippen molar-refractivity contribution < 1.29 is 14.6 Å². The number of nitrogens with zero attached hydrogens (tertiary/aromatic N) is 3. The first-order valence-electron chi connectivity index (χ1n) is 5.42. The molecule has 0 aromatic carbocycles. The van der Waals surface area contributed by atoms with Crippen LogP contribution in [-0.4, -0.2) is 52.7 Å². The molecule has 0 aliphatic rings. The Labute approximate surface area is 100 Å². The molecule has 0 amide bonds. The van der Waals surface area contributed by atoms with Crippen LogP contribution in [0.3, 0.4) is 0 Å². The normalized spacial score (nSPS) is 10.8. The molecule has 1 aromatic rings. The van der Waals surface area contributed by atoms with Crippen molar-refractivity contribution in [2.75, 3.05) is 26.8 Å². The minimum atomic E-state index is -0.997. The summed E-state index contributed by atoms with van der Waals surface area (Å²) in [5.41, 5.74) is 0.689. The molecule has 6 heteroatoms. The van der Waals surface area contributed by atoms with Crippen LogP contribution in [0.2, 0.25) is 0 Å². The van der Waals surface area contributed by atoms with Crippen molar-refractivity contribution in [3.8, 4) is 0 Å². The van der Waals surface area contributed by atoms with Gasteiger partial charge in [0, 0.05) is 26.4 Å². The third-order valence-electron chi connectivity index (χ3n) is 2.46. The van der Waals surface area contributed by atoms with Crippen molar-refractivity contribution >= 4 is 5.97 Å². The van der Waals surface area contributed by atoms with Crippen LogP contribution in [0.15, 0.2) is 12.5 Å². The second-order valence-electron chi connectivity index (χ2n) is 3.55. The minimum Gasteiger partial charge on any atom is -0.478 e. The first kappa shape index (κ1) is 13.5. The first-order valence-corrected chi connectivity index (χ1v) is 5.42. The average molecular weight is 239 g/mol. The highest BCUT2D eigenvalue weighted by Gasteiger charge is 2.13. The van der Waals surface area contributed by atoms with Gasteiger partial charge in [-0.2, -0.15) is 0 Å². The van der Waals surface area contributed by atoms with Gasteiger partial charge in [0.1, 0.15) is 11.9 Å². The maximum atomic E-state index is 11.0. The average Bonchev–Trinajstić information content (AvgIpc) is 2.34. The fourth-order valence-corrected chi connectivity index (χ4v) is 1.44. The minimum absolute atomic E-state index is 0.156. The topological polar surface area (TPSA) is 75.5 Å². The zero-order chi connectivity index (χ0) is 12.7. The maximum Gasteiger partial charge on any atom is 0.339 e. The summed E-state index contributed by atoms with van der Waals surface area (Å²) in [6.07, 6.45) is 2.70. The zero-order valence-electron chi connectivity index (χ0n) is 10.1. The van der Waals surface area contributed by atoms with Gasteiger partial charge in [-0.05, 0) is 6.54 Å². The molecule has 0 saturated heterocycles. The van der Waals surface area contributed by atoms with Gasteiger partial charge in [-0.3, -0.25) is 4.90 Å². The summed E-state index contributed by atoms with van der Waals surface area (Å²) < 4.78 is 5.00. The second-order valence-corrected chi connectivity index (χ2v) is 3.55. The van der Waals surface area contributed by atoms with Gasteiger partial charge < -0.3 is 9.84 Å². The number of aromatic nitrogens is 2. The highest BCUT2D eigenvalue weighted by molar-refractivity contribution is 5.88. The molecule has 0 saturated carbocycles. The van der Waals surface area contributed by atoms with Crippen molar-refractivity contribution in [2.45, 2.75) is 13.5 Å². The van der Waals surface area contributed by atoms with Crippen molar-refractivity contribution in [3.63, 3.8) is 0 Å². The number of carboxylic acids is 1. The number of hydrogen-bond donors (Lipinski definition) is 1. The van der Waals surface area contributed by atoms with Crippen LogP contribution in [0.1, 0.15) is 23.0 Å². The molecule has 0 aliphatic carbocycles. The molecular formula is C11H17N3O3. The highest BCUT2D eigenvalue weighted by Crippen LogP contribution is 2.07. The molecule has 0 atom stereocenters. The number of likely N-dealkylation sites (N-methyl/N-ethyl adjacent to an activating group) is 1. The Morgan fingerprint density at radius 1 is 1.59 bits per heavy atom. The first-order chi connectivity index (χ1) is 8.19. The quantitative estimate of drug-likeness (QED) is 0.752. The van der Waals surface area contributed by atoms with E-state index in [9.17, 15) is 4.79 Å². The van der Waals surface area contributed by atoms with E-state index in [-0.39, 0.29) is 5.56 Å². The molecule has 1 rings (SSSR count). The Kier molecular flexibility index (Phi) is 5.51. The van der Waals surface area contributed by atoms with E-state index in [0.717, 1.165) is 13.1 Å². The van der Waals surface area contributed by atoms with E-state index < -0.39 is 5.97 Å². The van der Waals surface area contributed by atoms with Gasteiger partial charge in [-0.15, -0.1) is 0 Å². The number of rotatable bonds is 7. The standard InChI is InChI=1S/C11H17N3O3/c1-3-14(4-5-17-2)7-10-9(11(15)16)6-12-8-13-10/h6,8H,3-5,7H2,1-2H3,(H,15,16). The van der Waals surface area contributed by atoms with Crippen molar-refractivity contribution in [1.29, 1.82) is 0 Å². The Balaban J connectivity index is 2.75. The van der Waals surface area contributed by atoms with Gasteiger partial charge >= 0.3 is 5.97 Å². The lowest BCUT2D eigenvalue weighted by molar-refractivity contribution is 0.0692. The molecule has 1 N–H and O–H groups in total. The molecule has 1 aromatic heterocycles. The van der Waals surface area contributed by atoms with Crippen LogP contribution in [0.5, 0.6) is 0 Å². The smallest absolute Gasteiger partial charge is 0.339 e. The van der Waals surface area contributed by atoms with E-state index in [4.69, 9.17) is 9.84 Å². The lowest BCUT2D eigenvalue weighted by Crippen LogP contribution is -2.28. The summed E-state index contributed by atoms with van der Waals surface area (Å²) in [5, 5.41) is 9.00. The van der Waals surface area contributed by atoms with Crippen LogP contribution in [0.4, 0.5) is 0 Å². The van der Waals surface area contributed by atoms with Gasteiger partial charge in [-0.25, -0.2) is 14.8 Å². The van der Waals surface area contributed by atoms with E-state index in [2.05, 4.69) is 14.9 Å². The number of ether oxygens (including phenoxy) is 1. The van der Waals surface area contributed by atoms with E-state index >= 15 is 0 Å². The second kappa shape index (κ2) is 6.93. The third kappa shape index (κ3) is 4.08. The molecule has 0 unspecified atom stereocenters. The van der Waals surface area contributed by atoms with Gasteiger partial charge in [0.2, 0.25) is 0 Å². The lowest BCUT2D eigenvalue weighted by Gasteiger charge is -2.19. The largest absolute Gasteiger partial charge is 0.478 e. The summed E-state index contributed by atoms with van der Waals surface area (Å²) in [6.45, 7) is 4.67. The molecule has 94 valence electrons. The summed E-state index contributed by atoms with van der Waals surface area (Å²) in [4.78, 5) is 20.8. The molecular weight excluding hydrogens is 222 g/mol. The predicted octanol–water partition coefficient (Wildman–Crippen LogP) is 0.643. The van der Waals surface area contributed by atoms with Crippen molar-refractivity contribution in [2.24, 2.45) is 0 Å². The van der Waals surface area contributed by atoms with Crippen molar-refractivity contribution in [3.05, 3.63) is 23.8 Å². The monoisotopic (exact) mass is 239 g/mol. The van der Waals surface area contributed by atoms with Gasteiger partial charge in [-0.1, -0.05) is 6.92 Å². The van der Waals surface area contributed by atoms with Crippen LogP contribution in [0.25, 0.3) is 0 Å². The summed E-state index contributed by atoms with van der Waals surface area (Å²) in [6, 6.07) is 0.